The van der Waals surface area contributed by atoms with E-state index in [0.717, 1.165) is 23.7 Å². The first-order valence-electron chi connectivity index (χ1n) is 4.49. The average Bonchev–Trinajstić information content (AvgIpc) is 2.20. The van der Waals surface area contributed by atoms with Crippen LogP contribution in [0.4, 0.5) is 0 Å². The van der Waals surface area contributed by atoms with Crippen LogP contribution in [-0.4, -0.2) is 12.4 Å². The molecule has 1 nitrogen and oxygen atoms in total. The number of hydrogen-bond donors (Lipinski definition) is 1. The van der Waals surface area contributed by atoms with Gasteiger partial charge < -0.3 is 5.32 Å². The van der Waals surface area contributed by atoms with E-state index in [1.165, 1.54) is 0 Å². The Morgan fingerprint density at radius 3 is 2.71 bits per heavy atom. The lowest BCUT2D eigenvalue weighted by Crippen LogP contribution is -2.13. The van der Waals surface area contributed by atoms with Gasteiger partial charge in [-0.1, -0.05) is 42.0 Å². The zero-order valence-corrected chi connectivity index (χ0v) is 9.35. The molecule has 0 radical (unpaired) electrons. The molecule has 0 fully saturated rings. The topological polar surface area (TPSA) is 12.0 Å². The molecule has 0 aromatic heterocycles. The maximum absolute atomic E-state index is 5.99. The fourth-order valence-electron chi connectivity index (χ4n) is 1.08. The van der Waals surface area contributed by atoms with Crippen LogP contribution < -0.4 is 5.32 Å². The minimum Gasteiger partial charge on any atom is -0.309 e. The van der Waals surface area contributed by atoms with E-state index in [2.05, 4.69) is 5.32 Å². The Bertz CT molecular complexity index is 297. The average molecular weight is 230 g/mol. The van der Waals surface area contributed by atoms with Crippen LogP contribution in [0.2, 0.25) is 5.02 Å². The summed E-state index contributed by atoms with van der Waals surface area (Å²) in [4.78, 5) is 0. The van der Waals surface area contributed by atoms with Crippen molar-refractivity contribution in [2.45, 2.75) is 6.54 Å². The Hall–Kier alpha value is -0.500. The highest BCUT2D eigenvalue weighted by molar-refractivity contribution is 6.31. The number of nitrogens with one attached hydrogen (secondary N) is 1. The van der Waals surface area contributed by atoms with Gasteiger partial charge in [-0.25, -0.2) is 0 Å². The Kier molecular flexibility index (Phi) is 5.69. The quantitative estimate of drug-likeness (QED) is 0.465. The van der Waals surface area contributed by atoms with Gasteiger partial charge in [0.1, 0.15) is 0 Å². The maximum atomic E-state index is 5.99. The summed E-state index contributed by atoms with van der Waals surface area (Å²) in [6.07, 6.45) is 3.92. The first-order valence-corrected chi connectivity index (χ1v) is 5.41. The molecule has 0 aliphatic heterocycles. The molecule has 0 unspecified atom stereocenters. The van der Waals surface area contributed by atoms with Crippen molar-refractivity contribution in [2.75, 3.05) is 12.4 Å². The summed E-state index contributed by atoms with van der Waals surface area (Å²) in [6, 6.07) is 7.82. The number of rotatable bonds is 5. The van der Waals surface area contributed by atoms with Gasteiger partial charge in [0.05, 0.1) is 0 Å². The molecule has 0 aliphatic carbocycles. The van der Waals surface area contributed by atoms with Gasteiger partial charge in [-0.2, -0.15) is 0 Å². The van der Waals surface area contributed by atoms with Crippen molar-refractivity contribution in [2.24, 2.45) is 0 Å². The standard InChI is InChI=1S/C11H13Cl2N/c12-7-3-4-8-14-9-10-5-1-2-6-11(10)13/h1-6,14H,7-9H2/b4-3+. The van der Waals surface area contributed by atoms with E-state index in [1.54, 1.807) is 0 Å². The zero-order valence-electron chi connectivity index (χ0n) is 7.84. The highest BCUT2D eigenvalue weighted by Gasteiger charge is 1.95. The highest BCUT2D eigenvalue weighted by Crippen LogP contribution is 2.13. The van der Waals surface area contributed by atoms with Crippen LogP contribution in [0, 0.1) is 0 Å². The van der Waals surface area contributed by atoms with Crippen molar-refractivity contribution >= 4 is 23.2 Å². The Morgan fingerprint density at radius 2 is 2.00 bits per heavy atom. The smallest absolute Gasteiger partial charge is 0.0450 e. The monoisotopic (exact) mass is 229 g/mol. The van der Waals surface area contributed by atoms with Gasteiger partial charge in [-0.15, -0.1) is 11.6 Å². The summed E-state index contributed by atoms with van der Waals surface area (Å²) in [6.45, 7) is 1.60. The third kappa shape index (κ3) is 4.14. The van der Waals surface area contributed by atoms with Gasteiger partial charge in [0.15, 0.2) is 0 Å². The lowest BCUT2D eigenvalue weighted by Gasteiger charge is -2.03. The minimum atomic E-state index is 0.563. The van der Waals surface area contributed by atoms with Crippen molar-refractivity contribution in [3.05, 3.63) is 47.0 Å². The van der Waals surface area contributed by atoms with Gasteiger partial charge in [0, 0.05) is 24.0 Å². The maximum Gasteiger partial charge on any atom is 0.0450 e. The fourth-order valence-corrected chi connectivity index (χ4v) is 1.41. The van der Waals surface area contributed by atoms with Crippen molar-refractivity contribution in [3.63, 3.8) is 0 Å². The molecule has 0 saturated carbocycles. The van der Waals surface area contributed by atoms with Crippen LogP contribution in [0.5, 0.6) is 0 Å². The van der Waals surface area contributed by atoms with Crippen LogP contribution in [-0.2, 0) is 6.54 Å². The number of hydrogen-bond acceptors (Lipinski definition) is 1. The first-order chi connectivity index (χ1) is 6.84. The van der Waals surface area contributed by atoms with E-state index in [9.17, 15) is 0 Å². The summed E-state index contributed by atoms with van der Waals surface area (Å²) in [7, 11) is 0. The molecule has 0 bridgehead atoms. The lowest BCUT2D eigenvalue weighted by atomic mass is 10.2. The molecule has 0 spiro atoms. The molecule has 1 N–H and O–H groups in total. The molecule has 0 saturated heterocycles. The molecule has 1 aromatic carbocycles. The Balaban J connectivity index is 2.31. The molecule has 14 heavy (non-hydrogen) atoms. The van der Waals surface area contributed by atoms with Crippen LogP contribution >= 0.6 is 23.2 Å². The van der Waals surface area contributed by atoms with Crippen molar-refractivity contribution in [3.8, 4) is 0 Å². The predicted octanol–water partition coefficient (Wildman–Crippen LogP) is 3.22. The molecule has 1 rings (SSSR count). The van der Waals surface area contributed by atoms with Crippen LogP contribution in [0.25, 0.3) is 0 Å². The van der Waals surface area contributed by atoms with Crippen molar-refractivity contribution in [1.29, 1.82) is 0 Å². The summed E-state index contributed by atoms with van der Waals surface area (Å²) >= 11 is 11.5. The molecule has 3 heteroatoms. The Labute approximate surface area is 94.7 Å². The van der Waals surface area contributed by atoms with E-state index in [-0.39, 0.29) is 0 Å². The molecule has 0 aliphatic rings. The largest absolute Gasteiger partial charge is 0.309 e. The lowest BCUT2D eigenvalue weighted by molar-refractivity contribution is 0.759. The summed E-state index contributed by atoms with van der Waals surface area (Å²) < 4.78 is 0. The normalized spacial score (nSPS) is 11.0. The molecule has 0 heterocycles. The Morgan fingerprint density at radius 1 is 1.21 bits per heavy atom. The molecule has 0 atom stereocenters. The van der Waals surface area contributed by atoms with Gasteiger partial charge in [-0.3, -0.25) is 0 Å². The molecular formula is C11H13Cl2N. The van der Waals surface area contributed by atoms with Crippen LogP contribution in [0.3, 0.4) is 0 Å². The van der Waals surface area contributed by atoms with E-state index in [4.69, 9.17) is 23.2 Å². The van der Waals surface area contributed by atoms with Gasteiger partial charge in [0.2, 0.25) is 0 Å². The fraction of sp³-hybridized carbons (Fsp3) is 0.273. The minimum absolute atomic E-state index is 0.563. The van der Waals surface area contributed by atoms with E-state index in [0.29, 0.717) is 5.88 Å². The van der Waals surface area contributed by atoms with Crippen LogP contribution in [0.1, 0.15) is 5.56 Å². The van der Waals surface area contributed by atoms with E-state index >= 15 is 0 Å². The first kappa shape index (κ1) is 11.6. The second-order valence-electron chi connectivity index (χ2n) is 2.85. The highest BCUT2D eigenvalue weighted by atomic mass is 35.5. The van der Waals surface area contributed by atoms with Gasteiger partial charge >= 0.3 is 0 Å². The molecule has 76 valence electrons. The number of benzene rings is 1. The summed E-state index contributed by atoms with van der Waals surface area (Å²) in [5.41, 5.74) is 1.12. The summed E-state index contributed by atoms with van der Waals surface area (Å²) in [5.74, 6) is 0.563. The SMILES string of the molecule is ClC/C=C/CNCc1ccccc1Cl. The second-order valence-corrected chi connectivity index (χ2v) is 3.56. The third-order valence-corrected chi connectivity index (χ3v) is 2.34. The molecule has 1 aromatic rings. The number of halogens is 2. The van der Waals surface area contributed by atoms with E-state index < -0.39 is 0 Å². The zero-order chi connectivity index (χ0) is 10.2. The predicted molar refractivity (Wildman–Crippen MR) is 63.0 cm³/mol. The third-order valence-electron chi connectivity index (χ3n) is 1.79. The van der Waals surface area contributed by atoms with Gasteiger partial charge in [0.25, 0.3) is 0 Å². The molecular weight excluding hydrogens is 217 g/mol. The van der Waals surface area contributed by atoms with Gasteiger partial charge in [-0.05, 0) is 11.6 Å². The second kappa shape index (κ2) is 6.88. The van der Waals surface area contributed by atoms with Crippen molar-refractivity contribution in [1.82, 2.24) is 5.32 Å². The summed E-state index contributed by atoms with van der Waals surface area (Å²) in [5, 5.41) is 4.05. The molecule has 0 amide bonds. The number of allylic oxidation sites excluding steroid dienone is 1. The number of alkyl halides is 1. The van der Waals surface area contributed by atoms with E-state index in [1.807, 2.05) is 36.4 Å². The van der Waals surface area contributed by atoms with Crippen LogP contribution in [0.15, 0.2) is 36.4 Å². The van der Waals surface area contributed by atoms with Crippen molar-refractivity contribution < 1.29 is 0 Å².